The normalized spacial score (nSPS) is 17.9. The van der Waals surface area contributed by atoms with Gasteiger partial charge in [-0.2, -0.15) is 5.26 Å². The van der Waals surface area contributed by atoms with Gasteiger partial charge in [0.25, 0.3) is 0 Å². The number of imide groups is 1. The van der Waals surface area contributed by atoms with Crippen LogP contribution in [0.4, 0.5) is 11.4 Å². The van der Waals surface area contributed by atoms with E-state index in [-0.39, 0.29) is 17.7 Å². The molecule has 2 amide bonds. The summed E-state index contributed by atoms with van der Waals surface area (Å²) in [7, 11) is 0. The number of hydrogen-bond acceptors (Lipinski definition) is 7. The van der Waals surface area contributed by atoms with Gasteiger partial charge < -0.3 is 10.1 Å². The lowest BCUT2D eigenvalue weighted by atomic mass is 9.89. The standard InChI is InChI=1S/C21H22N4O3S/c1-3-19(26)25-21(27)15-7-5-6-14(15)16-11-29-12-18(16)24-17-8-20(28-4-2)23-10-13(17)9-22/h3,8,10-12,14-15H,1,4-7H2,2H3,(H,23,24)(H,25,26,27)/t14-,15+/m1/s1. The molecule has 3 rings (SSSR count). The Kier molecular flexibility index (Phi) is 6.62. The van der Waals surface area contributed by atoms with Crippen LogP contribution in [0.3, 0.4) is 0 Å². The summed E-state index contributed by atoms with van der Waals surface area (Å²) in [6, 6.07) is 3.83. The molecule has 0 bridgehead atoms. The molecule has 1 saturated carbocycles. The quantitative estimate of drug-likeness (QED) is 0.672. The Morgan fingerprint density at radius 3 is 2.97 bits per heavy atom. The van der Waals surface area contributed by atoms with E-state index >= 15 is 0 Å². The first kappa shape index (κ1) is 20.6. The Labute approximate surface area is 173 Å². The van der Waals surface area contributed by atoms with E-state index in [1.165, 1.54) is 17.5 Å². The van der Waals surface area contributed by atoms with Crippen LogP contribution in [0.2, 0.25) is 0 Å². The lowest BCUT2D eigenvalue weighted by molar-refractivity contribution is -0.130. The van der Waals surface area contributed by atoms with E-state index in [2.05, 4.69) is 28.3 Å². The number of ether oxygens (including phenoxy) is 1. The van der Waals surface area contributed by atoms with Gasteiger partial charge in [0, 0.05) is 17.4 Å². The fraction of sp³-hybridized carbons (Fsp3) is 0.333. The van der Waals surface area contributed by atoms with Crippen LogP contribution in [0.5, 0.6) is 5.88 Å². The lowest BCUT2D eigenvalue weighted by Gasteiger charge is -2.20. The van der Waals surface area contributed by atoms with Gasteiger partial charge in [0.05, 0.1) is 29.7 Å². The zero-order chi connectivity index (χ0) is 20.8. The maximum atomic E-state index is 12.5. The molecule has 0 aromatic carbocycles. The van der Waals surface area contributed by atoms with E-state index in [1.54, 1.807) is 6.07 Å². The average Bonchev–Trinajstić information content (AvgIpc) is 3.37. The van der Waals surface area contributed by atoms with E-state index < -0.39 is 5.91 Å². The molecule has 0 aliphatic heterocycles. The van der Waals surface area contributed by atoms with Gasteiger partial charge in [-0.1, -0.05) is 13.0 Å². The van der Waals surface area contributed by atoms with Crippen molar-refractivity contribution in [3.05, 3.63) is 46.8 Å². The van der Waals surface area contributed by atoms with Crippen LogP contribution in [-0.4, -0.2) is 23.4 Å². The maximum Gasteiger partial charge on any atom is 0.249 e. The van der Waals surface area contributed by atoms with Gasteiger partial charge in [-0.25, -0.2) is 4.98 Å². The van der Waals surface area contributed by atoms with Crippen molar-refractivity contribution in [1.82, 2.24) is 10.3 Å². The summed E-state index contributed by atoms with van der Waals surface area (Å²) >= 11 is 1.53. The molecule has 150 valence electrons. The Hall–Kier alpha value is -3.18. The molecule has 2 aromatic heterocycles. The number of aromatic nitrogens is 1. The van der Waals surface area contributed by atoms with Crippen molar-refractivity contribution in [3.8, 4) is 11.9 Å². The first-order chi connectivity index (χ1) is 14.1. The molecule has 2 heterocycles. The van der Waals surface area contributed by atoms with E-state index in [1.807, 2.05) is 17.7 Å². The van der Waals surface area contributed by atoms with Crippen LogP contribution in [0.1, 0.15) is 43.2 Å². The molecule has 0 radical (unpaired) electrons. The van der Waals surface area contributed by atoms with Crippen molar-refractivity contribution in [2.75, 3.05) is 11.9 Å². The maximum absolute atomic E-state index is 12.5. The number of nitriles is 1. The summed E-state index contributed by atoms with van der Waals surface area (Å²) in [6.45, 7) is 5.74. The first-order valence-electron chi connectivity index (χ1n) is 9.40. The fourth-order valence-electron chi connectivity index (χ4n) is 3.61. The largest absolute Gasteiger partial charge is 0.478 e. The van der Waals surface area contributed by atoms with E-state index in [4.69, 9.17) is 4.74 Å². The highest BCUT2D eigenvalue weighted by atomic mass is 32.1. The number of thiophene rings is 1. The zero-order valence-corrected chi connectivity index (χ0v) is 16.9. The second kappa shape index (κ2) is 9.34. The number of nitrogens with zero attached hydrogens (tertiary/aromatic N) is 2. The Morgan fingerprint density at radius 2 is 2.24 bits per heavy atom. The van der Waals surface area contributed by atoms with Crippen LogP contribution in [0.15, 0.2) is 35.7 Å². The average molecular weight is 410 g/mol. The molecule has 2 atom stereocenters. The second-order valence-electron chi connectivity index (χ2n) is 6.68. The van der Waals surface area contributed by atoms with Crippen LogP contribution in [0.25, 0.3) is 0 Å². The van der Waals surface area contributed by atoms with Crippen molar-refractivity contribution in [3.63, 3.8) is 0 Å². The van der Waals surface area contributed by atoms with Crippen molar-refractivity contribution in [1.29, 1.82) is 5.26 Å². The summed E-state index contributed by atoms with van der Waals surface area (Å²) in [6.07, 6.45) is 5.07. The van der Waals surface area contributed by atoms with Crippen LogP contribution < -0.4 is 15.4 Å². The van der Waals surface area contributed by atoms with Gasteiger partial charge in [0.15, 0.2) is 0 Å². The number of hydrogen-bond donors (Lipinski definition) is 2. The number of amides is 2. The lowest BCUT2D eigenvalue weighted by Crippen LogP contribution is -2.35. The molecule has 1 aliphatic rings. The molecule has 0 unspecified atom stereocenters. The highest BCUT2D eigenvalue weighted by Gasteiger charge is 2.36. The summed E-state index contributed by atoms with van der Waals surface area (Å²) in [5.74, 6) is -0.592. The minimum atomic E-state index is -0.483. The molecular formula is C21H22N4O3S. The van der Waals surface area contributed by atoms with E-state index in [0.717, 1.165) is 36.6 Å². The Balaban J connectivity index is 1.85. The number of carbonyl (C=O) groups excluding carboxylic acids is 2. The molecule has 0 saturated heterocycles. The van der Waals surface area contributed by atoms with Crippen LogP contribution >= 0.6 is 11.3 Å². The van der Waals surface area contributed by atoms with Crippen LogP contribution in [0, 0.1) is 17.2 Å². The third-order valence-corrected chi connectivity index (χ3v) is 5.70. The predicted octanol–water partition coefficient (Wildman–Crippen LogP) is 3.87. The van der Waals surface area contributed by atoms with Crippen molar-refractivity contribution >= 4 is 34.5 Å². The molecule has 0 spiro atoms. The van der Waals surface area contributed by atoms with Crippen molar-refractivity contribution < 1.29 is 14.3 Å². The van der Waals surface area contributed by atoms with Gasteiger partial charge in [-0.05, 0) is 42.7 Å². The number of nitrogens with one attached hydrogen (secondary N) is 2. The topological polar surface area (TPSA) is 104 Å². The van der Waals surface area contributed by atoms with Gasteiger partial charge in [0.2, 0.25) is 17.7 Å². The fourth-order valence-corrected chi connectivity index (χ4v) is 4.46. The molecule has 8 heteroatoms. The molecule has 2 aromatic rings. The number of carbonyl (C=O) groups is 2. The van der Waals surface area contributed by atoms with E-state index in [0.29, 0.717) is 23.7 Å². The van der Waals surface area contributed by atoms with E-state index in [9.17, 15) is 14.9 Å². The molecule has 29 heavy (non-hydrogen) atoms. The number of pyridine rings is 1. The zero-order valence-electron chi connectivity index (χ0n) is 16.1. The summed E-state index contributed by atoms with van der Waals surface area (Å²) in [4.78, 5) is 28.2. The first-order valence-corrected chi connectivity index (χ1v) is 10.3. The molecule has 2 N–H and O–H groups in total. The van der Waals surface area contributed by atoms with Gasteiger partial charge in [-0.15, -0.1) is 11.3 Å². The minimum absolute atomic E-state index is 0.0000930. The molecule has 1 fully saturated rings. The highest BCUT2D eigenvalue weighted by Crippen LogP contribution is 2.44. The predicted molar refractivity (Wildman–Crippen MR) is 111 cm³/mol. The Bertz CT molecular complexity index is 963. The molecule has 7 nitrogen and oxygen atoms in total. The highest BCUT2D eigenvalue weighted by molar-refractivity contribution is 7.08. The second-order valence-corrected chi connectivity index (χ2v) is 7.42. The summed E-state index contributed by atoms with van der Waals surface area (Å²) in [5.41, 5.74) is 2.87. The van der Waals surface area contributed by atoms with Gasteiger partial charge in [0.1, 0.15) is 6.07 Å². The monoisotopic (exact) mass is 410 g/mol. The van der Waals surface area contributed by atoms with Gasteiger partial charge >= 0.3 is 0 Å². The third kappa shape index (κ3) is 4.63. The smallest absolute Gasteiger partial charge is 0.249 e. The minimum Gasteiger partial charge on any atom is -0.478 e. The summed E-state index contributed by atoms with van der Waals surface area (Å²) in [5, 5.41) is 19.1. The summed E-state index contributed by atoms with van der Waals surface area (Å²) < 4.78 is 5.44. The van der Waals surface area contributed by atoms with Gasteiger partial charge in [-0.3, -0.25) is 14.9 Å². The van der Waals surface area contributed by atoms with Crippen molar-refractivity contribution in [2.24, 2.45) is 5.92 Å². The van der Waals surface area contributed by atoms with Crippen molar-refractivity contribution in [2.45, 2.75) is 32.1 Å². The molecular weight excluding hydrogens is 388 g/mol. The molecule has 1 aliphatic carbocycles. The van der Waals surface area contributed by atoms with Crippen LogP contribution in [-0.2, 0) is 9.59 Å². The number of anilines is 2. The third-order valence-electron chi connectivity index (χ3n) is 4.94. The SMILES string of the molecule is C=CC(=O)NC(=O)[C@H]1CCC[C@H]1c1cscc1Nc1cc(OCC)ncc1C#N. The number of rotatable bonds is 7. The Morgan fingerprint density at radius 1 is 1.41 bits per heavy atom.